The molecule has 6 rings (SSSR count). The van der Waals surface area contributed by atoms with Gasteiger partial charge < -0.3 is 34.3 Å². The van der Waals surface area contributed by atoms with E-state index in [9.17, 15) is 27.9 Å². The molecule has 1 saturated heterocycles. The number of hydrogen-bond acceptors (Lipinski definition) is 11. The predicted octanol–water partition coefficient (Wildman–Crippen LogP) is 5.29. The van der Waals surface area contributed by atoms with E-state index < -0.39 is 85.6 Å². The molecule has 1 aromatic carbocycles. The minimum Gasteiger partial charge on any atom is -0.497 e. The van der Waals surface area contributed by atoms with Crippen LogP contribution in [0.15, 0.2) is 36.5 Å². The second-order valence-electron chi connectivity index (χ2n) is 18.2. The Hall–Kier alpha value is -4.78. The van der Waals surface area contributed by atoms with Gasteiger partial charge in [0.05, 0.1) is 31.2 Å². The standard InChI is InChI=1S/C43H59F2N5O11S/c1-25-11-9-10-12-27-22-43(27,38(53)48-62(56,57)41(5)15-16-41)47-35(51)32-21-29(61-36-30-14-13-28(59-8)20-31(30)33(23-46-36)60-18-17-58-7)24-49(32)37(52)34(26(2)19-25)50(39(54)55)40(3,4)42(6,44)45/h10,12-14,20,23,25-27,29,32,34H,9,11,15-19,21-22,24H2,1-8H3,(H,47,51)(H,48,53)(H,54,55)/t25-,26-,27-,29-,32+,34+,43-/m1/s1. The molecule has 4 aliphatic rings. The summed E-state index contributed by atoms with van der Waals surface area (Å²) in [6.07, 6.45) is 4.35. The van der Waals surface area contributed by atoms with Crippen LogP contribution in [0.25, 0.3) is 10.8 Å². The van der Waals surface area contributed by atoms with Gasteiger partial charge in [0.15, 0.2) is 0 Å². The lowest BCUT2D eigenvalue weighted by Gasteiger charge is -2.47. The number of benzene rings is 1. The number of aromatic nitrogens is 1. The van der Waals surface area contributed by atoms with Gasteiger partial charge in [-0.2, -0.15) is 0 Å². The zero-order valence-corrected chi connectivity index (χ0v) is 37.4. The van der Waals surface area contributed by atoms with Gasteiger partial charge in [0, 0.05) is 37.1 Å². The number of hydrogen-bond donors (Lipinski definition) is 3. The summed E-state index contributed by atoms with van der Waals surface area (Å²) in [5.41, 5.74) is -4.08. The first kappa shape index (κ1) is 46.7. The lowest BCUT2D eigenvalue weighted by atomic mass is 9.84. The molecule has 2 saturated carbocycles. The van der Waals surface area contributed by atoms with Gasteiger partial charge in [0.25, 0.3) is 11.8 Å². The minimum absolute atomic E-state index is 0.0772. The largest absolute Gasteiger partial charge is 0.497 e. The second-order valence-corrected chi connectivity index (χ2v) is 20.4. The van der Waals surface area contributed by atoms with Gasteiger partial charge in [-0.15, -0.1) is 0 Å². The third-order valence-electron chi connectivity index (χ3n) is 13.2. The van der Waals surface area contributed by atoms with E-state index in [1.807, 2.05) is 13.0 Å². The van der Waals surface area contributed by atoms with E-state index in [0.717, 1.165) is 18.7 Å². The van der Waals surface area contributed by atoms with Crippen molar-refractivity contribution in [2.75, 3.05) is 34.0 Å². The fourth-order valence-corrected chi connectivity index (χ4v) is 9.87. The molecule has 0 radical (unpaired) electrons. The molecular weight excluding hydrogens is 833 g/mol. The lowest BCUT2D eigenvalue weighted by molar-refractivity contribution is -0.156. The molecule has 3 heterocycles. The van der Waals surface area contributed by atoms with Crippen LogP contribution >= 0.6 is 0 Å². The Morgan fingerprint density at radius 1 is 1.10 bits per heavy atom. The maximum absolute atomic E-state index is 15.4. The van der Waals surface area contributed by atoms with Gasteiger partial charge in [0.1, 0.15) is 47.4 Å². The summed E-state index contributed by atoms with van der Waals surface area (Å²) in [5.74, 6) is -6.72. The van der Waals surface area contributed by atoms with E-state index in [-0.39, 0.29) is 44.2 Å². The minimum atomic E-state index is -4.11. The van der Waals surface area contributed by atoms with Crippen molar-refractivity contribution >= 4 is 44.6 Å². The number of carbonyl (C=O) groups is 4. The van der Waals surface area contributed by atoms with Gasteiger partial charge in [-0.05, 0) is 89.3 Å². The molecule has 19 heteroatoms. The van der Waals surface area contributed by atoms with Gasteiger partial charge in [-0.1, -0.05) is 26.0 Å². The van der Waals surface area contributed by atoms with Gasteiger partial charge in [0.2, 0.25) is 27.7 Å². The topological polar surface area (TPSA) is 203 Å². The van der Waals surface area contributed by atoms with Gasteiger partial charge in [-0.3, -0.25) is 24.0 Å². The molecule has 4 amide bonds. The molecule has 2 aliphatic heterocycles. The first-order valence-corrected chi connectivity index (χ1v) is 22.5. The Kier molecular flexibility index (Phi) is 13.1. The van der Waals surface area contributed by atoms with Crippen molar-refractivity contribution in [3.8, 4) is 17.4 Å². The van der Waals surface area contributed by atoms with E-state index in [4.69, 9.17) is 18.9 Å². The molecule has 0 spiro atoms. The first-order valence-electron chi connectivity index (χ1n) is 21.0. The first-order chi connectivity index (χ1) is 29.0. The third-order valence-corrected chi connectivity index (χ3v) is 15.4. The number of nitrogens with zero attached hydrogens (tertiary/aromatic N) is 3. The summed E-state index contributed by atoms with van der Waals surface area (Å²) in [5, 5.41) is 14.5. The maximum atomic E-state index is 15.4. The summed E-state index contributed by atoms with van der Waals surface area (Å²) in [7, 11) is -1.06. The lowest BCUT2D eigenvalue weighted by Crippen LogP contribution is -2.66. The molecule has 0 unspecified atom stereocenters. The SMILES string of the molecule is COCCOc1cnc(O[C@@H]2C[C@H]3C(=O)N[C@]4(C(=O)NS(=O)(=O)C5(C)CC5)C[C@H]4C=CCC[C@@H](C)C[C@@H](C)[C@H](N(C(=O)O)C(C)(C)C(C)(F)F)C(=O)N3C2)c2ccc(OC)cc12. The third kappa shape index (κ3) is 9.15. The van der Waals surface area contributed by atoms with Crippen LogP contribution in [0.3, 0.4) is 0 Å². The highest BCUT2D eigenvalue weighted by molar-refractivity contribution is 7.91. The number of alkyl halides is 2. The van der Waals surface area contributed by atoms with E-state index in [2.05, 4.69) is 15.0 Å². The quantitative estimate of drug-likeness (QED) is 0.174. The maximum Gasteiger partial charge on any atom is 0.408 e. The second kappa shape index (κ2) is 17.4. The molecule has 7 atom stereocenters. The Labute approximate surface area is 361 Å². The molecule has 2 aliphatic carbocycles. The van der Waals surface area contributed by atoms with Crippen molar-refractivity contribution in [3.63, 3.8) is 0 Å². The van der Waals surface area contributed by atoms with Crippen LogP contribution in [0, 0.1) is 17.8 Å². The van der Waals surface area contributed by atoms with Crippen molar-refractivity contribution in [1.82, 2.24) is 24.8 Å². The van der Waals surface area contributed by atoms with Crippen LogP contribution in [0.1, 0.15) is 86.5 Å². The summed E-state index contributed by atoms with van der Waals surface area (Å²) in [6.45, 7) is 8.03. The molecule has 342 valence electrons. The number of sulfonamides is 1. The van der Waals surface area contributed by atoms with Crippen molar-refractivity contribution < 1.29 is 60.4 Å². The summed E-state index contributed by atoms with van der Waals surface area (Å²) in [6, 6.07) is 2.03. The van der Waals surface area contributed by atoms with E-state index in [1.165, 1.54) is 27.3 Å². The monoisotopic (exact) mass is 891 g/mol. The summed E-state index contributed by atoms with van der Waals surface area (Å²) >= 11 is 0. The number of ether oxygens (including phenoxy) is 4. The number of halogens is 2. The number of nitrogens with one attached hydrogen (secondary N) is 2. The van der Waals surface area contributed by atoms with Crippen molar-refractivity contribution in [3.05, 3.63) is 36.5 Å². The smallest absolute Gasteiger partial charge is 0.408 e. The number of methoxy groups -OCH3 is 2. The van der Waals surface area contributed by atoms with Crippen LogP contribution < -0.4 is 24.2 Å². The Balaban J connectivity index is 1.42. The number of carbonyl (C=O) groups excluding carboxylic acids is 3. The zero-order chi connectivity index (χ0) is 45.6. The number of amides is 4. The zero-order valence-electron chi connectivity index (χ0n) is 36.5. The number of allylic oxidation sites excluding steroid dienone is 1. The fourth-order valence-electron chi connectivity index (χ4n) is 8.56. The summed E-state index contributed by atoms with van der Waals surface area (Å²) in [4.78, 5) is 63.3. The van der Waals surface area contributed by atoms with Crippen molar-refractivity contribution in [2.45, 2.75) is 126 Å². The molecule has 3 fully saturated rings. The van der Waals surface area contributed by atoms with Crippen LogP contribution in [0.5, 0.6) is 17.4 Å². The fraction of sp³-hybridized carbons (Fsp3) is 0.651. The van der Waals surface area contributed by atoms with E-state index >= 15 is 13.6 Å². The Bertz CT molecular complexity index is 2200. The highest BCUT2D eigenvalue weighted by Crippen LogP contribution is 2.48. The molecule has 0 bridgehead atoms. The van der Waals surface area contributed by atoms with Gasteiger partial charge in [-0.25, -0.2) is 27.0 Å². The molecule has 2 aromatic rings. The Morgan fingerprint density at radius 3 is 2.44 bits per heavy atom. The average Bonchev–Trinajstić information content (AvgIpc) is 4.08. The molecule has 1 aromatic heterocycles. The number of fused-ring (bicyclic) bond motifs is 3. The number of carboxylic acid groups (broad SMARTS) is 1. The van der Waals surface area contributed by atoms with E-state index in [0.29, 0.717) is 66.4 Å². The molecular formula is C43H59F2N5O11S. The normalized spacial score (nSPS) is 27.8. The predicted molar refractivity (Wildman–Crippen MR) is 224 cm³/mol. The molecule has 3 N–H and O–H groups in total. The van der Waals surface area contributed by atoms with Crippen LogP contribution in [-0.4, -0.2) is 126 Å². The molecule has 62 heavy (non-hydrogen) atoms. The highest BCUT2D eigenvalue weighted by atomic mass is 32.2. The van der Waals surface area contributed by atoms with Crippen LogP contribution in [0.4, 0.5) is 13.6 Å². The van der Waals surface area contributed by atoms with E-state index in [1.54, 1.807) is 31.2 Å². The number of rotatable bonds is 13. The summed E-state index contributed by atoms with van der Waals surface area (Å²) < 4.78 is 81.5. The average molecular weight is 892 g/mol. The number of pyridine rings is 1. The van der Waals surface area contributed by atoms with Crippen molar-refractivity contribution in [2.24, 2.45) is 17.8 Å². The van der Waals surface area contributed by atoms with Crippen LogP contribution in [-0.2, 0) is 29.1 Å². The van der Waals surface area contributed by atoms with Crippen LogP contribution in [0.2, 0.25) is 0 Å². The Morgan fingerprint density at radius 2 is 1.81 bits per heavy atom. The molecule has 16 nitrogen and oxygen atoms in total. The highest BCUT2D eigenvalue weighted by Gasteiger charge is 2.63. The van der Waals surface area contributed by atoms with Gasteiger partial charge >= 0.3 is 6.09 Å². The van der Waals surface area contributed by atoms with Crippen molar-refractivity contribution in [1.29, 1.82) is 0 Å².